The van der Waals surface area contributed by atoms with Gasteiger partial charge in [0.1, 0.15) is 0 Å². The van der Waals surface area contributed by atoms with Crippen molar-refractivity contribution in [2.24, 2.45) is 5.41 Å². The lowest BCUT2D eigenvalue weighted by atomic mass is 9.94. The summed E-state index contributed by atoms with van der Waals surface area (Å²) >= 11 is 0. The Morgan fingerprint density at radius 2 is 1.80 bits per heavy atom. The van der Waals surface area contributed by atoms with Crippen molar-refractivity contribution in [3.05, 3.63) is 24.3 Å². The Kier molecular flexibility index (Phi) is 5.30. The highest BCUT2D eigenvalue weighted by Crippen LogP contribution is 2.51. The van der Waals surface area contributed by atoms with Gasteiger partial charge in [-0.05, 0) is 57.2 Å². The topological polar surface area (TPSA) is 30.5 Å². The molecule has 1 aliphatic rings. The van der Waals surface area contributed by atoms with E-state index in [0.29, 0.717) is 18.1 Å². The van der Waals surface area contributed by atoms with Gasteiger partial charge in [-0.15, -0.1) is 0 Å². The molecule has 1 unspecified atom stereocenters. The molecule has 0 heterocycles. The zero-order valence-electron chi connectivity index (χ0n) is 12.9. The van der Waals surface area contributed by atoms with Crippen LogP contribution in [0, 0.1) is 5.41 Å². The van der Waals surface area contributed by atoms with E-state index < -0.39 is 0 Å². The van der Waals surface area contributed by atoms with E-state index in [2.05, 4.69) is 19.2 Å². The SMILES string of the molecule is CCNC(C)C1(CCOc2ccccc2OCC)CC1. The van der Waals surface area contributed by atoms with Crippen molar-refractivity contribution in [3.8, 4) is 11.5 Å². The molecule has 112 valence electrons. The smallest absolute Gasteiger partial charge is 0.161 e. The van der Waals surface area contributed by atoms with Crippen LogP contribution in [0.1, 0.15) is 40.0 Å². The van der Waals surface area contributed by atoms with Crippen LogP contribution in [0.15, 0.2) is 24.3 Å². The first-order valence-corrected chi connectivity index (χ1v) is 7.80. The molecule has 0 saturated heterocycles. The number of ether oxygens (including phenoxy) is 2. The van der Waals surface area contributed by atoms with Crippen LogP contribution in [0.3, 0.4) is 0 Å². The number of para-hydroxylation sites is 2. The molecule has 1 aromatic rings. The standard InChI is InChI=1S/C17H27NO2/c1-4-18-14(3)17(10-11-17)12-13-20-16-9-7-6-8-15(16)19-5-2/h6-9,14,18H,4-5,10-13H2,1-3H3. The van der Waals surface area contributed by atoms with Gasteiger partial charge >= 0.3 is 0 Å². The van der Waals surface area contributed by atoms with Gasteiger partial charge in [-0.2, -0.15) is 0 Å². The second-order valence-electron chi connectivity index (χ2n) is 5.62. The summed E-state index contributed by atoms with van der Waals surface area (Å²) in [6.45, 7) is 8.93. The molecular formula is C17H27NO2. The molecule has 0 spiro atoms. The Balaban J connectivity index is 1.84. The average molecular weight is 277 g/mol. The second kappa shape index (κ2) is 6.98. The van der Waals surface area contributed by atoms with E-state index in [9.17, 15) is 0 Å². The number of benzene rings is 1. The van der Waals surface area contributed by atoms with Gasteiger partial charge in [-0.25, -0.2) is 0 Å². The maximum absolute atomic E-state index is 5.94. The predicted molar refractivity (Wildman–Crippen MR) is 82.5 cm³/mol. The molecule has 20 heavy (non-hydrogen) atoms. The first-order chi connectivity index (χ1) is 9.72. The summed E-state index contributed by atoms with van der Waals surface area (Å²) < 4.78 is 11.5. The van der Waals surface area contributed by atoms with Crippen LogP contribution >= 0.6 is 0 Å². The van der Waals surface area contributed by atoms with E-state index in [0.717, 1.165) is 31.1 Å². The van der Waals surface area contributed by atoms with Crippen LogP contribution in [0.25, 0.3) is 0 Å². The van der Waals surface area contributed by atoms with E-state index in [1.807, 2.05) is 31.2 Å². The number of nitrogens with one attached hydrogen (secondary N) is 1. The summed E-state index contributed by atoms with van der Waals surface area (Å²) in [7, 11) is 0. The number of rotatable bonds is 9. The monoisotopic (exact) mass is 277 g/mol. The van der Waals surface area contributed by atoms with Crippen molar-refractivity contribution < 1.29 is 9.47 Å². The predicted octanol–water partition coefficient (Wildman–Crippen LogP) is 3.63. The van der Waals surface area contributed by atoms with Crippen LogP contribution in [0.4, 0.5) is 0 Å². The lowest BCUT2D eigenvalue weighted by molar-refractivity contribution is 0.227. The third-order valence-corrected chi connectivity index (χ3v) is 4.33. The van der Waals surface area contributed by atoms with Crippen LogP contribution in [0.2, 0.25) is 0 Å². The first kappa shape index (κ1) is 15.2. The molecule has 1 atom stereocenters. The van der Waals surface area contributed by atoms with Gasteiger partial charge in [0.2, 0.25) is 0 Å². The molecule has 0 amide bonds. The Labute approximate surface area is 122 Å². The molecule has 0 bridgehead atoms. The molecule has 0 aromatic heterocycles. The third kappa shape index (κ3) is 3.66. The van der Waals surface area contributed by atoms with Crippen LogP contribution < -0.4 is 14.8 Å². The highest BCUT2D eigenvalue weighted by atomic mass is 16.5. The Morgan fingerprint density at radius 1 is 1.15 bits per heavy atom. The summed E-state index contributed by atoms with van der Waals surface area (Å²) in [5.74, 6) is 1.71. The lowest BCUT2D eigenvalue weighted by Gasteiger charge is -2.24. The van der Waals surface area contributed by atoms with Crippen molar-refractivity contribution in [1.29, 1.82) is 0 Å². The minimum Gasteiger partial charge on any atom is -0.490 e. The van der Waals surface area contributed by atoms with Crippen LogP contribution in [-0.2, 0) is 0 Å². The lowest BCUT2D eigenvalue weighted by Crippen LogP contribution is -2.35. The fourth-order valence-electron chi connectivity index (χ4n) is 2.79. The molecule has 2 rings (SSSR count). The molecule has 1 fully saturated rings. The highest BCUT2D eigenvalue weighted by molar-refractivity contribution is 5.39. The van der Waals surface area contributed by atoms with Crippen molar-refractivity contribution in [1.82, 2.24) is 5.32 Å². The number of hydrogen-bond acceptors (Lipinski definition) is 3. The van der Waals surface area contributed by atoms with Crippen LogP contribution in [-0.4, -0.2) is 25.8 Å². The summed E-state index contributed by atoms with van der Waals surface area (Å²) in [4.78, 5) is 0. The summed E-state index contributed by atoms with van der Waals surface area (Å²) in [5.41, 5.74) is 0.455. The van der Waals surface area contributed by atoms with Gasteiger partial charge in [0.15, 0.2) is 11.5 Å². The largest absolute Gasteiger partial charge is 0.490 e. The summed E-state index contributed by atoms with van der Waals surface area (Å²) in [6, 6.07) is 8.50. The van der Waals surface area contributed by atoms with Crippen molar-refractivity contribution in [2.75, 3.05) is 19.8 Å². The van der Waals surface area contributed by atoms with E-state index >= 15 is 0 Å². The van der Waals surface area contributed by atoms with Crippen molar-refractivity contribution in [3.63, 3.8) is 0 Å². The first-order valence-electron chi connectivity index (χ1n) is 7.80. The summed E-state index contributed by atoms with van der Waals surface area (Å²) in [5, 5.41) is 3.55. The molecule has 3 nitrogen and oxygen atoms in total. The maximum Gasteiger partial charge on any atom is 0.161 e. The van der Waals surface area contributed by atoms with E-state index in [1.165, 1.54) is 12.8 Å². The van der Waals surface area contributed by atoms with Crippen molar-refractivity contribution >= 4 is 0 Å². The molecule has 1 N–H and O–H groups in total. The zero-order valence-corrected chi connectivity index (χ0v) is 12.9. The normalized spacial score (nSPS) is 17.6. The molecule has 0 aliphatic heterocycles. The highest BCUT2D eigenvalue weighted by Gasteiger charge is 2.46. The molecule has 3 heteroatoms. The van der Waals surface area contributed by atoms with Gasteiger partial charge in [0.25, 0.3) is 0 Å². The van der Waals surface area contributed by atoms with Crippen LogP contribution in [0.5, 0.6) is 11.5 Å². The Bertz CT molecular complexity index is 415. The van der Waals surface area contributed by atoms with Gasteiger partial charge in [-0.3, -0.25) is 0 Å². The zero-order chi connectivity index (χ0) is 14.4. The third-order valence-electron chi connectivity index (χ3n) is 4.33. The van der Waals surface area contributed by atoms with Gasteiger partial charge in [-0.1, -0.05) is 19.1 Å². The molecular weight excluding hydrogens is 250 g/mol. The quantitative estimate of drug-likeness (QED) is 0.747. The number of hydrogen-bond donors (Lipinski definition) is 1. The average Bonchev–Trinajstić information content (AvgIpc) is 3.23. The maximum atomic E-state index is 5.94. The fourth-order valence-corrected chi connectivity index (χ4v) is 2.79. The second-order valence-corrected chi connectivity index (χ2v) is 5.62. The Morgan fingerprint density at radius 3 is 2.35 bits per heavy atom. The van der Waals surface area contributed by atoms with E-state index in [-0.39, 0.29) is 0 Å². The molecule has 1 saturated carbocycles. The van der Waals surface area contributed by atoms with Crippen molar-refractivity contribution in [2.45, 2.75) is 46.1 Å². The van der Waals surface area contributed by atoms with E-state index in [4.69, 9.17) is 9.47 Å². The minimum absolute atomic E-state index is 0.455. The summed E-state index contributed by atoms with van der Waals surface area (Å²) in [6.07, 6.45) is 3.75. The van der Waals surface area contributed by atoms with Gasteiger partial charge in [0, 0.05) is 6.04 Å². The minimum atomic E-state index is 0.455. The Hall–Kier alpha value is -1.22. The molecule has 1 aromatic carbocycles. The van der Waals surface area contributed by atoms with E-state index in [1.54, 1.807) is 0 Å². The molecule has 0 radical (unpaired) electrons. The van der Waals surface area contributed by atoms with Gasteiger partial charge in [0.05, 0.1) is 13.2 Å². The molecule has 1 aliphatic carbocycles. The van der Waals surface area contributed by atoms with Gasteiger partial charge < -0.3 is 14.8 Å². The fraction of sp³-hybridized carbons (Fsp3) is 0.647.